The Morgan fingerprint density at radius 2 is 1.77 bits per heavy atom. The Balaban J connectivity index is 1.36. The third-order valence-corrected chi connectivity index (χ3v) is 5.65. The number of carbonyl (C=O) groups is 2. The summed E-state index contributed by atoms with van der Waals surface area (Å²) in [7, 11) is 0. The molecule has 0 radical (unpaired) electrons. The molecule has 31 heavy (non-hydrogen) atoms. The van der Waals surface area contributed by atoms with Crippen LogP contribution in [0.2, 0.25) is 0 Å². The van der Waals surface area contributed by atoms with Gasteiger partial charge in [0, 0.05) is 30.4 Å². The number of primary amides is 1. The molecule has 0 bridgehead atoms. The maximum atomic E-state index is 12.4. The van der Waals surface area contributed by atoms with Gasteiger partial charge in [0.05, 0.1) is 11.0 Å². The fraction of sp³-hybridized carbons (Fsp3) is 0.318. The van der Waals surface area contributed by atoms with Crippen LogP contribution in [0.3, 0.4) is 0 Å². The van der Waals surface area contributed by atoms with Crippen molar-refractivity contribution in [2.24, 2.45) is 11.7 Å². The van der Waals surface area contributed by atoms with Crippen molar-refractivity contribution in [3.05, 3.63) is 54.4 Å². The lowest BCUT2D eigenvalue weighted by molar-refractivity contribution is -0.130. The van der Waals surface area contributed by atoms with Crippen LogP contribution >= 0.6 is 0 Å². The number of H-pyrrole nitrogens is 1. The second-order valence-corrected chi connectivity index (χ2v) is 7.73. The molecule has 2 unspecified atom stereocenters. The maximum Gasteiger partial charge on any atom is 0.256 e. The number of anilines is 2. The topological polar surface area (TPSA) is 145 Å². The van der Waals surface area contributed by atoms with Gasteiger partial charge < -0.3 is 31.1 Å². The highest BCUT2D eigenvalue weighted by atomic mass is 16.3. The number of aliphatic hydroxyl groups excluding tert-OH is 2. The Bertz CT molecular complexity index is 1040. The Hall–Kier alpha value is -3.43. The van der Waals surface area contributed by atoms with Gasteiger partial charge in [-0.05, 0) is 49.2 Å². The Kier molecular flexibility index (Phi) is 5.88. The summed E-state index contributed by atoms with van der Waals surface area (Å²) in [6.45, 7) is 1.48. The van der Waals surface area contributed by atoms with Crippen LogP contribution in [0.4, 0.5) is 11.4 Å². The molecule has 1 aliphatic heterocycles. The van der Waals surface area contributed by atoms with Gasteiger partial charge in [0.1, 0.15) is 11.9 Å². The molecule has 9 nitrogen and oxygen atoms in total. The predicted molar refractivity (Wildman–Crippen MR) is 116 cm³/mol. The molecular formula is C22H25N5O4. The molecular weight excluding hydrogens is 398 g/mol. The minimum Gasteiger partial charge on any atom is -0.382 e. The first kappa shape index (κ1) is 20.8. The van der Waals surface area contributed by atoms with Crippen molar-refractivity contribution < 1.29 is 19.8 Å². The summed E-state index contributed by atoms with van der Waals surface area (Å²) in [4.78, 5) is 33.0. The van der Waals surface area contributed by atoms with Gasteiger partial charge in [0.2, 0.25) is 5.91 Å². The van der Waals surface area contributed by atoms with E-state index in [-0.39, 0.29) is 17.6 Å². The minimum absolute atomic E-state index is 0.0746. The fourth-order valence-electron chi connectivity index (χ4n) is 3.80. The van der Waals surface area contributed by atoms with Crippen LogP contribution < -0.4 is 16.0 Å². The lowest BCUT2D eigenvalue weighted by Gasteiger charge is -2.32. The molecule has 1 aromatic heterocycles. The van der Waals surface area contributed by atoms with Crippen molar-refractivity contribution in [1.82, 2.24) is 9.97 Å². The number of fused-ring (bicyclic) bond motifs is 1. The number of benzene rings is 2. The van der Waals surface area contributed by atoms with Crippen molar-refractivity contribution in [3.63, 3.8) is 0 Å². The quantitative estimate of drug-likeness (QED) is 0.404. The average Bonchev–Trinajstić information content (AvgIpc) is 3.23. The van der Waals surface area contributed by atoms with E-state index < -0.39 is 18.1 Å². The largest absolute Gasteiger partial charge is 0.382 e. The highest BCUT2D eigenvalue weighted by Crippen LogP contribution is 2.25. The number of nitrogens with two attached hydrogens (primary N) is 1. The van der Waals surface area contributed by atoms with Gasteiger partial charge in [-0.2, -0.15) is 0 Å². The summed E-state index contributed by atoms with van der Waals surface area (Å²) >= 11 is 0. The molecule has 4 rings (SSSR count). The Labute approximate surface area is 178 Å². The van der Waals surface area contributed by atoms with E-state index in [9.17, 15) is 19.8 Å². The molecule has 1 fully saturated rings. The molecule has 162 valence electrons. The van der Waals surface area contributed by atoms with Crippen molar-refractivity contribution in [2.75, 3.05) is 23.3 Å². The third kappa shape index (κ3) is 4.52. The van der Waals surface area contributed by atoms with Gasteiger partial charge >= 0.3 is 0 Å². The van der Waals surface area contributed by atoms with Crippen molar-refractivity contribution in [3.8, 4) is 0 Å². The van der Waals surface area contributed by atoms with Crippen LogP contribution in [0.5, 0.6) is 0 Å². The number of aromatic amines is 1. The second kappa shape index (κ2) is 8.75. The normalized spacial score (nSPS) is 16.8. The van der Waals surface area contributed by atoms with E-state index in [1.807, 2.05) is 24.3 Å². The first-order chi connectivity index (χ1) is 14.9. The van der Waals surface area contributed by atoms with E-state index in [1.54, 1.807) is 24.3 Å². The average molecular weight is 423 g/mol. The molecule has 2 atom stereocenters. The second-order valence-electron chi connectivity index (χ2n) is 7.73. The van der Waals surface area contributed by atoms with E-state index in [0.717, 1.165) is 31.6 Å². The minimum atomic E-state index is -1.69. The van der Waals surface area contributed by atoms with E-state index in [0.29, 0.717) is 16.7 Å². The molecule has 2 amide bonds. The van der Waals surface area contributed by atoms with E-state index in [2.05, 4.69) is 20.2 Å². The van der Waals surface area contributed by atoms with Crippen LogP contribution in [0, 0.1) is 5.92 Å². The highest BCUT2D eigenvalue weighted by Gasteiger charge is 2.28. The number of aliphatic hydroxyl groups is 2. The Morgan fingerprint density at radius 1 is 1.10 bits per heavy atom. The summed E-state index contributed by atoms with van der Waals surface area (Å²) in [5.74, 6) is -0.933. The zero-order valence-corrected chi connectivity index (χ0v) is 16.9. The predicted octanol–water partition coefficient (Wildman–Crippen LogP) is 1.30. The molecule has 9 heteroatoms. The van der Waals surface area contributed by atoms with Crippen LogP contribution in [0.1, 0.15) is 24.8 Å². The van der Waals surface area contributed by atoms with Crippen LogP contribution in [0.15, 0.2) is 48.5 Å². The number of hydrogen-bond acceptors (Lipinski definition) is 6. The van der Waals surface area contributed by atoms with Gasteiger partial charge in [0.25, 0.3) is 5.91 Å². The van der Waals surface area contributed by atoms with Gasteiger partial charge in [-0.1, -0.05) is 12.1 Å². The number of carbonyl (C=O) groups excluding carboxylic acids is 2. The smallest absolute Gasteiger partial charge is 0.256 e. The molecule has 1 aliphatic rings. The lowest BCUT2D eigenvalue weighted by Crippen LogP contribution is -2.38. The molecule has 2 heterocycles. The van der Waals surface area contributed by atoms with Gasteiger partial charge in [-0.15, -0.1) is 0 Å². The number of imidazole rings is 1. The van der Waals surface area contributed by atoms with Crippen LogP contribution in [0.25, 0.3) is 11.0 Å². The first-order valence-corrected chi connectivity index (χ1v) is 10.2. The number of aromatic nitrogens is 2. The van der Waals surface area contributed by atoms with Crippen LogP contribution in [-0.2, 0) is 9.59 Å². The van der Waals surface area contributed by atoms with Crippen molar-refractivity contribution in [1.29, 1.82) is 0 Å². The van der Waals surface area contributed by atoms with Gasteiger partial charge in [-0.25, -0.2) is 4.98 Å². The third-order valence-electron chi connectivity index (χ3n) is 5.65. The number of rotatable bonds is 6. The molecule has 0 spiro atoms. The number of piperidine rings is 1. The number of nitrogens with one attached hydrogen (secondary N) is 2. The summed E-state index contributed by atoms with van der Waals surface area (Å²) in [6, 6.07) is 14.4. The van der Waals surface area contributed by atoms with E-state index in [1.165, 1.54) is 0 Å². The Morgan fingerprint density at radius 3 is 2.42 bits per heavy atom. The standard InChI is InChI=1S/C22H25N5O4/c23-20(30)13-9-11-27(12-10-13)15-7-5-14(6-8-15)24-22(31)19(29)18(28)21-25-16-3-1-2-4-17(16)26-21/h1-8,13,18-19,28-29H,9-12H2,(H2,23,30)(H,24,31)(H,25,26). The lowest BCUT2D eigenvalue weighted by atomic mass is 9.96. The number of nitrogens with zero attached hydrogens (tertiary/aromatic N) is 2. The van der Waals surface area contributed by atoms with E-state index >= 15 is 0 Å². The number of hydrogen-bond donors (Lipinski definition) is 5. The highest BCUT2D eigenvalue weighted by molar-refractivity contribution is 5.94. The maximum absolute atomic E-state index is 12.4. The molecule has 0 aliphatic carbocycles. The summed E-state index contributed by atoms with van der Waals surface area (Å²) in [5, 5.41) is 23.3. The van der Waals surface area contributed by atoms with E-state index in [4.69, 9.17) is 5.73 Å². The SMILES string of the molecule is NC(=O)C1CCN(c2ccc(NC(=O)C(O)C(O)c3nc4ccccc4[nH]3)cc2)CC1. The van der Waals surface area contributed by atoms with Gasteiger partial charge in [0.15, 0.2) is 6.10 Å². The fourth-order valence-corrected chi connectivity index (χ4v) is 3.80. The molecule has 3 aromatic rings. The monoisotopic (exact) mass is 423 g/mol. The number of para-hydroxylation sites is 2. The first-order valence-electron chi connectivity index (χ1n) is 10.2. The summed E-state index contributed by atoms with van der Waals surface area (Å²) in [5.41, 5.74) is 8.20. The molecule has 1 saturated heterocycles. The van der Waals surface area contributed by atoms with Gasteiger partial charge in [-0.3, -0.25) is 9.59 Å². The molecule has 0 saturated carbocycles. The van der Waals surface area contributed by atoms with Crippen molar-refractivity contribution in [2.45, 2.75) is 25.0 Å². The molecule has 6 N–H and O–H groups in total. The summed E-state index contributed by atoms with van der Waals surface area (Å²) in [6.07, 6.45) is -1.73. The van der Waals surface area contributed by atoms with Crippen LogP contribution in [-0.4, -0.2) is 51.2 Å². The summed E-state index contributed by atoms with van der Waals surface area (Å²) < 4.78 is 0. The van der Waals surface area contributed by atoms with Crippen molar-refractivity contribution >= 4 is 34.2 Å². The zero-order chi connectivity index (χ0) is 22.0. The molecule has 2 aromatic carbocycles. The number of amides is 2. The zero-order valence-electron chi connectivity index (χ0n) is 16.9.